The molecule has 0 heterocycles. The van der Waals surface area contributed by atoms with E-state index in [-0.39, 0.29) is 17.0 Å². The molecule has 0 saturated heterocycles. The van der Waals surface area contributed by atoms with E-state index in [9.17, 15) is 30.0 Å². The Hall–Kier alpha value is -2.30. The number of aliphatic hydroxyl groups excluding tert-OH is 5. The van der Waals surface area contributed by atoms with E-state index in [2.05, 4.69) is 11.9 Å². The van der Waals surface area contributed by atoms with E-state index in [0.717, 1.165) is 0 Å². The Balaban J connectivity index is 2.67. The SMILES string of the molecule is C=C(C)C(=O)Oc1ccc(NC(=O)[C@H](O)[C@@H](O)[C@H](O)[C@H](O)CO)cc1. The number of hydrogen-bond acceptors (Lipinski definition) is 8. The molecule has 0 radical (unpaired) electrons. The molecule has 0 spiro atoms. The van der Waals surface area contributed by atoms with E-state index >= 15 is 0 Å². The van der Waals surface area contributed by atoms with E-state index in [1.807, 2.05) is 0 Å². The lowest BCUT2D eigenvalue weighted by Gasteiger charge is -2.24. The number of carbonyl (C=O) groups excluding carboxylic acids is 2. The van der Waals surface area contributed by atoms with Gasteiger partial charge in [-0.3, -0.25) is 4.79 Å². The van der Waals surface area contributed by atoms with Crippen LogP contribution in [0.25, 0.3) is 0 Å². The van der Waals surface area contributed by atoms with Crippen LogP contribution in [0.15, 0.2) is 36.4 Å². The van der Waals surface area contributed by atoms with Gasteiger partial charge in [0, 0.05) is 11.3 Å². The quantitative estimate of drug-likeness (QED) is 0.188. The molecule has 0 unspecified atom stereocenters. The molecule has 0 aliphatic carbocycles. The Morgan fingerprint density at radius 2 is 1.68 bits per heavy atom. The second-order valence-electron chi connectivity index (χ2n) is 5.36. The van der Waals surface area contributed by atoms with Gasteiger partial charge in [-0.05, 0) is 31.2 Å². The molecule has 9 heteroatoms. The van der Waals surface area contributed by atoms with Crippen LogP contribution in [0.5, 0.6) is 5.75 Å². The highest BCUT2D eigenvalue weighted by atomic mass is 16.5. The number of anilines is 1. The van der Waals surface area contributed by atoms with Gasteiger partial charge in [0.25, 0.3) is 5.91 Å². The van der Waals surface area contributed by atoms with E-state index in [4.69, 9.17) is 9.84 Å². The summed E-state index contributed by atoms with van der Waals surface area (Å²) < 4.78 is 4.97. The van der Waals surface area contributed by atoms with Crippen molar-refractivity contribution in [3.63, 3.8) is 0 Å². The molecule has 0 aliphatic heterocycles. The van der Waals surface area contributed by atoms with Crippen molar-refractivity contribution < 1.29 is 39.9 Å². The summed E-state index contributed by atoms with van der Waals surface area (Å²) in [4.78, 5) is 23.2. The number of carbonyl (C=O) groups is 2. The van der Waals surface area contributed by atoms with Crippen LogP contribution in [0.3, 0.4) is 0 Å². The number of aliphatic hydroxyl groups is 5. The van der Waals surface area contributed by atoms with Crippen molar-refractivity contribution in [3.8, 4) is 5.75 Å². The zero-order valence-electron chi connectivity index (χ0n) is 13.5. The molecule has 0 saturated carbocycles. The highest BCUT2D eigenvalue weighted by Gasteiger charge is 2.34. The molecule has 25 heavy (non-hydrogen) atoms. The maximum atomic E-state index is 11.8. The topological polar surface area (TPSA) is 157 Å². The molecule has 1 aromatic carbocycles. The molecular weight excluding hydrogens is 334 g/mol. The average molecular weight is 355 g/mol. The van der Waals surface area contributed by atoms with E-state index < -0.39 is 42.9 Å². The van der Waals surface area contributed by atoms with E-state index in [1.165, 1.54) is 31.2 Å². The third-order valence-corrected chi connectivity index (χ3v) is 3.20. The molecule has 138 valence electrons. The van der Waals surface area contributed by atoms with Gasteiger partial charge >= 0.3 is 5.97 Å². The van der Waals surface area contributed by atoms with Crippen LogP contribution in [-0.4, -0.2) is 68.4 Å². The first-order valence-corrected chi connectivity index (χ1v) is 7.29. The molecule has 0 bridgehead atoms. The van der Waals surface area contributed by atoms with Gasteiger partial charge < -0.3 is 35.6 Å². The number of rotatable bonds is 8. The van der Waals surface area contributed by atoms with E-state index in [0.29, 0.717) is 0 Å². The standard InChI is InChI=1S/C16H21NO8/c1-8(2)16(24)25-10-5-3-9(4-6-10)17-15(23)14(22)13(21)12(20)11(19)7-18/h3-6,11-14,18-22H,1,7H2,2H3,(H,17,23)/t11-,12-,13+,14-/m1/s1. The molecule has 0 fully saturated rings. The number of nitrogens with one attached hydrogen (secondary N) is 1. The number of benzene rings is 1. The van der Waals surface area contributed by atoms with Crippen molar-refractivity contribution in [2.24, 2.45) is 0 Å². The summed E-state index contributed by atoms with van der Waals surface area (Å²) in [7, 11) is 0. The van der Waals surface area contributed by atoms with Gasteiger partial charge in [-0.1, -0.05) is 6.58 Å². The van der Waals surface area contributed by atoms with Crippen molar-refractivity contribution >= 4 is 17.6 Å². The van der Waals surface area contributed by atoms with Crippen LogP contribution in [-0.2, 0) is 9.59 Å². The Morgan fingerprint density at radius 3 is 2.16 bits per heavy atom. The highest BCUT2D eigenvalue weighted by Crippen LogP contribution is 2.17. The smallest absolute Gasteiger partial charge is 0.338 e. The Morgan fingerprint density at radius 1 is 1.12 bits per heavy atom. The molecule has 9 nitrogen and oxygen atoms in total. The van der Waals surface area contributed by atoms with Gasteiger partial charge in [0.05, 0.1) is 6.61 Å². The fraction of sp³-hybridized carbons (Fsp3) is 0.375. The highest BCUT2D eigenvalue weighted by molar-refractivity contribution is 5.94. The monoisotopic (exact) mass is 355 g/mol. The summed E-state index contributed by atoms with van der Waals surface area (Å²) in [6.45, 7) is 4.08. The van der Waals surface area contributed by atoms with Crippen molar-refractivity contribution in [2.45, 2.75) is 31.3 Å². The predicted molar refractivity (Wildman–Crippen MR) is 86.6 cm³/mol. The van der Waals surface area contributed by atoms with Crippen LogP contribution in [0.2, 0.25) is 0 Å². The van der Waals surface area contributed by atoms with Gasteiger partial charge in [0.2, 0.25) is 0 Å². The Labute approximate surface area is 143 Å². The summed E-state index contributed by atoms with van der Waals surface area (Å²) in [6, 6.07) is 5.56. The maximum absolute atomic E-state index is 11.8. The number of esters is 1. The number of hydrogen-bond donors (Lipinski definition) is 6. The summed E-state index contributed by atoms with van der Waals surface area (Å²) >= 11 is 0. The summed E-state index contributed by atoms with van der Waals surface area (Å²) in [5.41, 5.74) is 0.446. The van der Waals surface area contributed by atoms with Gasteiger partial charge in [-0.15, -0.1) is 0 Å². The second kappa shape index (κ2) is 9.25. The predicted octanol–water partition coefficient (Wildman–Crippen LogP) is -1.46. The molecule has 1 rings (SSSR count). The Kier molecular flexibility index (Phi) is 7.68. The first-order valence-electron chi connectivity index (χ1n) is 7.29. The lowest BCUT2D eigenvalue weighted by atomic mass is 10.0. The molecule has 6 N–H and O–H groups in total. The van der Waals surface area contributed by atoms with Gasteiger partial charge in [-0.2, -0.15) is 0 Å². The zero-order chi connectivity index (χ0) is 19.1. The van der Waals surface area contributed by atoms with Gasteiger partial charge in [0.15, 0.2) is 6.10 Å². The van der Waals surface area contributed by atoms with Crippen molar-refractivity contribution in [3.05, 3.63) is 36.4 Å². The minimum Gasteiger partial charge on any atom is -0.423 e. The van der Waals surface area contributed by atoms with Crippen LogP contribution in [0.4, 0.5) is 5.69 Å². The molecule has 1 amide bonds. The normalized spacial score (nSPS) is 15.6. The second-order valence-corrected chi connectivity index (χ2v) is 5.36. The molecule has 1 aromatic rings. The average Bonchev–Trinajstić information content (AvgIpc) is 2.60. The number of ether oxygens (including phenoxy) is 1. The maximum Gasteiger partial charge on any atom is 0.338 e. The van der Waals surface area contributed by atoms with Crippen molar-refractivity contribution in [2.75, 3.05) is 11.9 Å². The molecule has 0 aromatic heterocycles. The third-order valence-electron chi connectivity index (χ3n) is 3.20. The van der Waals surface area contributed by atoms with Gasteiger partial charge in [0.1, 0.15) is 24.1 Å². The molecular formula is C16H21NO8. The largest absolute Gasteiger partial charge is 0.423 e. The molecule has 4 atom stereocenters. The summed E-state index contributed by atoms with van der Waals surface area (Å²) in [5.74, 6) is -1.43. The van der Waals surface area contributed by atoms with Crippen LogP contribution in [0.1, 0.15) is 6.92 Å². The van der Waals surface area contributed by atoms with Crippen LogP contribution >= 0.6 is 0 Å². The van der Waals surface area contributed by atoms with Gasteiger partial charge in [-0.25, -0.2) is 4.79 Å². The fourth-order valence-corrected chi connectivity index (χ4v) is 1.69. The third kappa shape index (κ3) is 5.93. The first-order chi connectivity index (χ1) is 11.7. The minimum absolute atomic E-state index is 0.216. The van der Waals surface area contributed by atoms with Crippen LogP contribution < -0.4 is 10.1 Å². The summed E-state index contributed by atoms with van der Waals surface area (Å²) in [6.07, 6.45) is -7.66. The lowest BCUT2D eigenvalue weighted by molar-refractivity contribution is -0.144. The van der Waals surface area contributed by atoms with Crippen molar-refractivity contribution in [1.29, 1.82) is 0 Å². The fourth-order valence-electron chi connectivity index (χ4n) is 1.69. The molecule has 0 aliphatic rings. The van der Waals surface area contributed by atoms with Crippen LogP contribution in [0, 0.1) is 0 Å². The lowest BCUT2D eigenvalue weighted by Crippen LogP contribution is -2.50. The Bertz CT molecular complexity index is 615. The zero-order valence-corrected chi connectivity index (χ0v) is 13.5. The number of amides is 1. The van der Waals surface area contributed by atoms with Crippen molar-refractivity contribution in [1.82, 2.24) is 0 Å². The van der Waals surface area contributed by atoms with E-state index in [1.54, 1.807) is 0 Å². The minimum atomic E-state index is -2.04. The first kappa shape index (κ1) is 20.7. The summed E-state index contributed by atoms with van der Waals surface area (Å²) in [5, 5.41) is 49.0.